The number of pyridine rings is 2. The highest BCUT2D eigenvalue weighted by molar-refractivity contribution is 5.92. The number of aromatic nitrogens is 2. The molecule has 1 fully saturated rings. The van der Waals surface area contributed by atoms with E-state index in [9.17, 15) is 14.7 Å². The van der Waals surface area contributed by atoms with Crippen molar-refractivity contribution in [2.75, 3.05) is 31.1 Å². The van der Waals surface area contributed by atoms with Crippen molar-refractivity contribution in [3.8, 4) is 5.75 Å². The Hall–Kier alpha value is -2.61. The maximum atomic E-state index is 12.3. The monoisotopic (exact) mass is 317 g/mol. The molecule has 1 aliphatic heterocycles. The molecule has 122 valence electrons. The summed E-state index contributed by atoms with van der Waals surface area (Å²) >= 11 is 0. The van der Waals surface area contributed by atoms with Crippen molar-refractivity contribution in [3.63, 3.8) is 0 Å². The van der Waals surface area contributed by atoms with Gasteiger partial charge >= 0.3 is 5.97 Å². The van der Waals surface area contributed by atoms with E-state index in [1.807, 2.05) is 11.8 Å². The Morgan fingerprint density at radius 2 is 2.13 bits per heavy atom. The summed E-state index contributed by atoms with van der Waals surface area (Å²) in [6.07, 6.45) is 1.28. The van der Waals surface area contributed by atoms with Crippen LogP contribution >= 0.6 is 0 Å². The van der Waals surface area contributed by atoms with E-state index < -0.39 is 11.4 Å². The van der Waals surface area contributed by atoms with Gasteiger partial charge in [-0.15, -0.1) is 0 Å². The third-order valence-electron chi connectivity index (χ3n) is 3.98. The number of carboxylic acids is 1. The molecule has 3 rings (SSSR count). The average molecular weight is 317 g/mol. The highest BCUT2D eigenvalue weighted by atomic mass is 16.4. The van der Waals surface area contributed by atoms with Gasteiger partial charge in [-0.25, -0.2) is 9.78 Å². The summed E-state index contributed by atoms with van der Waals surface area (Å²) in [5.41, 5.74) is -0.681. The molecule has 1 saturated heterocycles. The lowest BCUT2D eigenvalue weighted by atomic mass is 10.1. The van der Waals surface area contributed by atoms with Crippen LogP contribution in [0.5, 0.6) is 5.75 Å². The van der Waals surface area contributed by atoms with Gasteiger partial charge in [0.05, 0.1) is 5.39 Å². The molecule has 0 aromatic carbocycles. The fraction of sp³-hybridized carbons (Fsp3) is 0.400. The number of nitrogens with one attached hydrogen (secondary N) is 1. The number of hydrogen-bond acceptors (Lipinski definition) is 6. The van der Waals surface area contributed by atoms with Gasteiger partial charge in [0.2, 0.25) is 5.43 Å². The minimum Gasteiger partial charge on any atom is -0.870 e. The normalized spacial score (nSPS) is 15.1. The van der Waals surface area contributed by atoms with Crippen molar-refractivity contribution >= 4 is 22.8 Å². The van der Waals surface area contributed by atoms with Gasteiger partial charge in [0.15, 0.2) is 0 Å². The fourth-order valence-electron chi connectivity index (χ4n) is 2.78. The van der Waals surface area contributed by atoms with E-state index in [2.05, 4.69) is 10.3 Å². The molecule has 0 spiro atoms. The lowest BCUT2D eigenvalue weighted by Crippen LogP contribution is -2.44. The van der Waals surface area contributed by atoms with Gasteiger partial charge in [0, 0.05) is 38.9 Å². The van der Waals surface area contributed by atoms with Gasteiger partial charge in [-0.3, -0.25) is 4.79 Å². The van der Waals surface area contributed by atoms with Gasteiger partial charge in [-0.05, 0) is 6.92 Å². The molecule has 0 radical (unpaired) electrons. The predicted octanol–water partition coefficient (Wildman–Crippen LogP) is -0.402. The number of fused-ring (bicyclic) bond motifs is 1. The Kier molecular flexibility index (Phi) is 3.91. The molecule has 0 atom stereocenters. The zero-order valence-corrected chi connectivity index (χ0v) is 12.7. The van der Waals surface area contributed by atoms with Crippen LogP contribution < -0.4 is 20.8 Å². The van der Waals surface area contributed by atoms with Crippen molar-refractivity contribution in [1.29, 1.82) is 0 Å². The summed E-state index contributed by atoms with van der Waals surface area (Å²) in [6.45, 7) is 5.13. The van der Waals surface area contributed by atoms with Crippen molar-refractivity contribution in [2.24, 2.45) is 0 Å². The standard InChI is InChI=1S/C15H18N4O4/c1-2-18-8-10(15(22)23)12(21)9-7-11(20)14(17-13(9)18)19-5-3-16-4-6-19/h7-8,16,20H,2-6H2,1H3,(H,22,23)/p-1. The van der Waals surface area contributed by atoms with E-state index in [-0.39, 0.29) is 16.7 Å². The molecule has 0 aliphatic carbocycles. The first-order chi connectivity index (χ1) is 11.0. The van der Waals surface area contributed by atoms with Crippen LogP contribution in [0.15, 0.2) is 17.1 Å². The molecule has 1 aliphatic rings. The number of aryl methyl sites for hydroxylation is 1. The topological polar surface area (TPSA) is 111 Å². The number of nitrogens with zero attached hydrogens (tertiary/aromatic N) is 3. The third-order valence-corrected chi connectivity index (χ3v) is 3.98. The molecule has 2 aromatic heterocycles. The molecular formula is C15H17N4O4-. The van der Waals surface area contributed by atoms with Crippen molar-refractivity contribution in [1.82, 2.24) is 14.9 Å². The Morgan fingerprint density at radius 1 is 1.43 bits per heavy atom. The summed E-state index contributed by atoms with van der Waals surface area (Å²) in [5, 5.41) is 24.7. The molecule has 2 N–H and O–H groups in total. The van der Waals surface area contributed by atoms with E-state index >= 15 is 0 Å². The Labute approximate surface area is 132 Å². The Bertz CT molecular complexity index is 824. The first-order valence-electron chi connectivity index (χ1n) is 7.47. The Morgan fingerprint density at radius 3 is 2.74 bits per heavy atom. The van der Waals surface area contributed by atoms with Crippen LogP contribution in [-0.2, 0) is 6.54 Å². The molecular weight excluding hydrogens is 300 g/mol. The summed E-state index contributed by atoms with van der Waals surface area (Å²) in [7, 11) is 0. The lowest BCUT2D eigenvalue weighted by molar-refractivity contribution is -0.267. The number of aromatic carboxylic acids is 1. The van der Waals surface area contributed by atoms with Crippen molar-refractivity contribution in [3.05, 3.63) is 28.0 Å². The third kappa shape index (κ3) is 2.61. The van der Waals surface area contributed by atoms with E-state index in [1.165, 1.54) is 12.3 Å². The van der Waals surface area contributed by atoms with Crippen LogP contribution in [0.3, 0.4) is 0 Å². The van der Waals surface area contributed by atoms with Crippen molar-refractivity contribution in [2.45, 2.75) is 13.5 Å². The quantitative estimate of drug-likeness (QED) is 0.792. The van der Waals surface area contributed by atoms with Crippen LogP contribution in [-0.4, -0.2) is 46.8 Å². The van der Waals surface area contributed by atoms with Crippen LogP contribution in [0.2, 0.25) is 0 Å². The number of hydrogen-bond donors (Lipinski definition) is 2. The fourth-order valence-corrected chi connectivity index (χ4v) is 2.78. The first kappa shape index (κ1) is 15.3. The van der Waals surface area contributed by atoms with Crippen LogP contribution in [0.4, 0.5) is 5.82 Å². The van der Waals surface area contributed by atoms with E-state index in [0.29, 0.717) is 31.1 Å². The van der Waals surface area contributed by atoms with Crippen LogP contribution in [0.25, 0.3) is 11.0 Å². The van der Waals surface area contributed by atoms with Crippen LogP contribution in [0.1, 0.15) is 17.3 Å². The van der Waals surface area contributed by atoms with E-state index in [4.69, 9.17) is 5.11 Å². The molecule has 0 bridgehead atoms. The largest absolute Gasteiger partial charge is 0.870 e. The number of rotatable bonds is 3. The number of carboxylic acid groups (broad SMARTS) is 1. The Balaban J connectivity index is 2.24. The van der Waals surface area contributed by atoms with Crippen molar-refractivity contribution < 1.29 is 15.0 Å². The summed E-state index contributed by atoms with van der Waals surface area (Å²) in [5.74, 6) is -1.36. The van der Waals surface area contributed by atoms with Gasteiger partial charge < -0.3 is 25.0 Å². The summed E-state index contributed by atoms with van der Waals surface area (Å²) < 4.78 is 1.59. The second-order valence-electron chi connectivity index (χ2n) is 5.38. The van der Waals surface area contributed by atoms with Gasteiger partial charge in [-0.2, -0.15) is 0 Å². The second kappa shape index (κ2) is 5.88. The molecule has 8 nitrogen and oxygen atoms in total. The number of anilines is 1. The average Bonchev–Trinajstić information content (AvgIpc) is 2.55. The molecule has 0 unspecified atom stereocenters. The second-order valence-corrected chi connectivity index (χ2v) is 5.38. The van der Waals surface area contributed by atoms with Gasteiger partial charge in [-0.1, -0.05) is 11.8 Å². The summed E-state index contributed by atoms with van der Waals surface area (Å²) in [4.78, 5) is 29.8. The number of piperazine rings is 1. The highest BCUT2D eigenvalue weighted by Gasteiger charge is 2.18. The predicted molar refractivity (Wildman–Crippen MR) is 83.2 cm³/mol. The van der Waals surface area contributed by atoms with Gasteiger partial charge in [0.25, 0.3) is 0 Å². The van der Waals surface area contributed by atoms with Gasteiger partial charge in [0.1, 0.15) is 17.0 Å². The maximum absolute atomic E-state index is 12.3. The maximum Gasteiger partial charge on any atom is 0.341 e. The lowest BCUT2D eigenvalue weighted by Gasteiger charge is -2.31. The van der Waals surface area contributed by atoms with E-state index in [1.54, 1.807) is 4.57 Å². The summed E-state index contributed by atoms with van der Waals surface area (Å²) in [6, 6.07) is 1.21. The molecule has 23 heavy (non-hydrogen) atoms. The minimum absolute atomic E-state index is 0.0515. The first-order valence-corrected chi connectivity index (χ1v) is 7.47. The smallest absolute Gasteiger partial charge is 0.341 e. The van der Waals surface area contributed by atoms with E-state index in [0.717, 1.165) is 13.1 Å². The minimum atomic E-state index is -1.31. The van der Waals surface area contributed by atoms with Crippen LogP contribution in [0, 0.1) is 0 Å². The SMILES string of the molecule is CCn1cc(C(=O)O)c(=O)c2cc([O-])c(N3CCNCC3)nc21. The number of carbonyl (C=O) groups is 1. The molecule has 0 saturated carbocycles. The zero-order valence-electron chi connectivity index (χ0n) is 12.7. The molecule has 0 amide bonds. The zero-order chi connectivity index (χ0) is 16.6. The molecule has 3 heterocycles. The highest BCUT2D eigenvalue weighted by Crippen LogP contribution is 2.26. The molecule has 2 aromatic rings. The molecule has 8 heteroatoms.